The first-order valence-corrected chi connectivity index (χ1v) is 3.90. The molecule has 0 saturated carbocycles. The Balaban J connectivity index is 2.81. The summed E-state index contributed by atoms with van der Waals surface area (Å²) in [6.45, 7) is 0. The summed E-state index contributed by atoms with van der Waals surface area (Å²) in [6, 6.07) is 5.98. The number of rotatable bonds is 1. The number of carbonyl (C=O) groups excluding carboxylic acids is 1. The fourth-order valence-corrected chi connectivity index (χ4v) is 1.24. The van der Waals surface area contributed by atoms with Gasteiger partial charge in [-0.3, -0.25) is 4.79 Å². The van der Waals surface area contributed by atoms with Gasteiger partial charge in [0.15, 0.2) is 0 Å². The molecular weight excluding hydrogens is 185 g/mol. The minimum absolute atomic E-state index is 0.245. The SMILES string of the molecule is NC(=O)c1cccc2cc(F)nnc12. The summed E-state index contributed by atoms with van der Waals surface area (Å²) < 4.78 is 12.7. The lowest BCUT2D eigenvalue weighted by molar-refractivity contribution is 0.100. The molecule has 0 bridgehead atoms. The third kappa shape index (κ3) is 1.28. The van der Waals surface area contributed by atoms with Gasteiger partial charge in [-0.2, -0.15) is 4.39 Å². The second kappa shape index (κ2) is 3.02. The molecule has 2 aromatic rings. The molecule has 2 N–H and O–H groups in total. The molecular formula is C9H6FN3O. The number of carbonyl (C=O) groups is 1. The van der Waals surface area contributed by atoms with E-state index in [0.29, 0.717) is 10.9 Å². The van der Waals surface area contributed by atoms with Gasteiger partial charge in [0.05, 0.1) is 5.56 Å². The van der Waals surface area contributed by atoms with Gasteiger partial charge in [-0.1, -0.05) is 12.1 Å². The van der Waals surface area contributed by atoms with Gasteiger partial charge in [-0.15, -0.1) is 10.2 Å². The third-order valence-corrected chi connectivity index (χ3v) is 1.85. The molecule has 0 fully saturated rings. The van der Waals surface area contributed by atoms with Gasteiger partial charge in [0.2, 0.25) is 5.95 Å². The quantitative estimate of drug-likeness (QED) is 0.727. The Labute approximate surface area is 78.6 Å². The maximum Gasteiger partial charge on any atom is 0.250 e. The van der Waals surface area contributed by atoms with E-state index in [4.69, 9.17) is 5.73 Å². The average Bonchev–Trinajstić information content (AvgIpc) is 2.16. The van der Waals surface area contributed by atoms with Gasteiger partial charge in [0.25, 0.3) is 5.91 Å². The van der Waals surface area contributed by atoms with Crippen molar-refractivity contribution in [3.8, 4) is 0 Å². The molecule has 0 aliphatic rings. The fraction of sp³-hybridized carbons (Fsp3) is 0. The number of nitrogens with two attached hydrogens (primary N) is 1. The predicted octanol–water partition coefficient (Wildman–Crippen LogP) is 0.868. The van der Waals surface area contributed by atoms with Crippen LogP contribution in [0.25, 0.3) is 10.9 Å². The summed E-state index contributed by atoms with van der Waals surface area (Å²) in [5.74, 6) is -1.28. The Morgan fingerprint density at radius 1 is 1.36 bits per heavy atom. The van der Waals surface area contributed by atoms with E-state index in [1.165, 1.54) is 12.1 Å². The summed E-state index contributed by atoms with van der Waals surface area (Å²) in [4.78, 5) is 11.0. The molecule has 0 aliphatic heterocycles. The Bertz CT molecular complexity index is 512. The minimum Gasteiger partial charge on any atom is -0.366 e. The first kappa shape index (κ1) is 8.55. The van der Waals surface area contributed by atoms with E-state index in [2.05, 4.69) is 10.2 Å². The predicted molar refractivity (Wildman–Crippen MR) is 48.0 cm³/mol. The first-order chi connectivity index (χ1) is 6.68. The molecule has 0 spiro atoms. The van der Waals surface area contributed by atoms with Crippen molar-refractivity contribution in [2.24, 2.45) is 5.73 Å². The number of halogens is 1. The zero-order valence-electron chi connectivity index (χ0n) is 7.07. The molecule has 70 valence electrons. The standard InChI is InChI=1S/C9H6FN3O/c10-7-4-5-2-1-3-6(9(11)14)8(5)13-12-7/h1-4H,(H2,11,14). The normalized spacial score (nSPS) is 10.4. The lowest BCUT2D eigenvalue weighted by Crippen LogP contribution is -2.12. The number of fused-ring (bicyclic) bond motifs is 1. The zero-order valence-corrected chi connectivity index (χ0v) is 7.07. The van der Waals surface area contributed by atoms with Gasteiger partial charge >= 0.3 is 0 Å². The number of aromatic nitrogens is 2. The van der Waals surface area contributed by atoms with Crippen LogP contribution in [0.5, 0.6) is 0 Å². The highest BCUT2D eigenvalue weighted by molar-refractivity contribution is 6.04. The van der Waals surface area contributed by atoms with Crippen LogP contribution < -0.4 is 5.73 Å². The fourth-order valence-electron chi connectivity index (χ4n) is 1.24. The third-order valence-electron chi connectivity index (χ3n) is 1.85. The van der Waals surface area contributed by atoms with E-state index in [-0.39, 0.29) is 5.56 Å². The van der Waals surface area contributed by atoms with Crippen LogP contribution in [0.4, 0.5) is 4.39 Å². The van der Waals surface area contributed by atoms with Crippen LogP contribution in [-0.2, 0) is 0 Å². The van der Waals surface area contributed by atoms with Crippen LogP contribution in [0.2, 0.25) is 0 Å². The van der Waals surface area contributed by atoms with Gasteiger partial charge in [-0.25, -0.2) is 0 Å². The molecule has 14 heavy (non-hydrogen) atoms. The van der Waals surface area contributed by atoms with Crippen molar-refractivity contribution in [2.75, 3.05) is 0 Å². The summed E-state index contributed by atoms with van der Waals surface area (Å²) in [7, 11) is 0. The van der Waals surface area contributed by atoms with Crippen molar-refractivity contribution in [3.63, 3.8) is 0 Å². The van der Waals surface area contributed by atoms with Crippen molar-refractivity contribution in [2.45, 2.75) is 0 Å². The Hall–Kier alpha value is -2.04. The summed E-state index contributed by atoms with van der Waals surface area (Å²) in [5.41, 5.74) is 5.68. The molecule has 1 amide bonds. The molecule has 1 aromatic heterocycles. The number of nitrogens with zero attached hydrogens (tertiary/aromatic N) is 2. The van der Waals surface area contributed by atoms with Crippen LogP contribution in [0.1, 0.15) is 10.4 Å². The number of amides is 1. The van der Waals surface area contributed by atoms with E-state index in [1.807, 2.05) is 0 Å². The van der Waals surface area contributed by atoms with Crippen LogP contribution in [0.15, 0.2) is 24.3 Å². The molecule has 0 unspecified atom stereocenters. The number of hydrogen-bond donors (Lipinski definition) is 1. The zero-order chi connectivity index (χ0) is 10.1. The summed E-state index contributed by atoms with van der Waals surface area (Å²) >= 11 is 0. The molecule has 4 nitrogen and oxygen atoms in total. The lowest BCUT2D eigenvalue weighted by atomic mass is 10.1. The monoisotopic (exact) mass is 191 g/mol. The highest BCUT2D eigenvalue weighted by Crippen LogP contribution is 2.15. The molecule has 0 atom stereocenters. The topological polar surface area (TPSA) is 68.9 Å². The van der Waals surface area contributed by atoms with E-state index in [0.717, 1.165) is 0 Å². The molecule has 0 aliphatic carbocycles. The van der Waals surface area contributed by atoms with E-state index in [9.17, 15) is 9.18 Å². The highest BCUT2D eigenvalue weighted by Gasteiger charge is 2.08. The molecule has 5 heteroatoms. The average molecular weight is 191 g/mol. The van der Waals surface area contributed by atoms with Gasteiger partial charge in [-0.05, 0) is 6.07 Å². The van der Waals surface area contributed by atoms with Gasteiger partial charge in [0.1, 0.15) is 5.52 Å². The maximum absolute atomic E-state index is 12.7. The van der Waals surface area contributed by atoms with E-state index < -0.39 is 11.9 Å². The van der Waals surface area contributed by atoms with Crippen molar-refractivity contribution in [1.82, 2.24) is 10.2 Å². The molecule has 1 heterocycles. The Kier molecular flexibility index (Phi) is 1.85. The molecule has 2 rings (SSSR count). The Morgan fingerprint density at radius 3 is 2.86 bits per heavy atom. The van der Waals surface area contributed by atoms with Gasteiger partial charge in [0, 0.05) is 11.5 Å². The van der Waals surface area contributed by atoms with Gasteiger partial charge < -0.3 is 5.73 Å². The number of primary amides is 1. The van der Waals surface area contributed by atoms with E-state index in [1.54, 1.807) is 12.1 Å². The number of benzene rings is 1. The second-order valence-corrected chi connectivity index (χ2v) is 2.77. The summed E-state index contributed by atoms with van der Waals surface area (Å²) in [5, 5.41) is 7.31. The smallest absolute Gasteiger partial charge is 0.250 e. The van der Waals surface area contributed by atoms with Crippen molar-refractivity contribution in [3.05, 3.63) is 35.8 Å². The minimum atomic E-state index is -0.681. The molecule has 0 saturated heterocycles. The second-order valence-electron chi connectivity index (χ2n) is 2.77. The van der Waals surface area contributed by atoms with Crippen LogP contribution in [-0.4, -0.2) is 16.1 Å². The molecule has 0 radical (unpaired) electrons. The maximum atomic E-state index is 12.7. The Morgan fingerprint density at radius 2 is 2.14 bits per heavy atom. The summed E-state index contributed by atoms with van der Waals surface area (Å²) in [6.07, 6.45) is 0. The van der Waals surface area contributed by atoms with Crippen molar-refractivity contribution >= 4 is 16.8 Å². The molecule has 1 aromatic carbocycles. The van der Waals surface area contributed by atoms with Crippen molar-refractivity contribution in [1.29, 1.82) is 0 Å². The van der Waals surface area contributed by atoms with Crippen LogP contribution in [0.3, 0.4) is 0 Å². The lowest BCUT2D eigenvalue weighted by Gasteiger charge is -2.00. The first-order valence-electron chi connectivity index (χ1n) is 3.90. The van der Waals surface area contributed by atoms with Crippen molar-refractivity contribution < 1.29 is 9.18 Å². The van der Waals surface area contributed by atoms with Crippen LogP contribution in [0, 0.1) is 5.95 Å². The number of hydrogen-bond acceptors (Lipinski definition) is 3. The van der Waals surface area contributed by atoms with Crippen LogP contribution >= 0.6 is 0 Å². The largest absolute Gasteiger partial charge is 0.366 e. The van der Waals surface area contributed by atoms with E-state index >= 15 is 0 Å². The highest BCUT2D eigenvalue weighted by atomic mass is 19.1.